The summed E-state index contributed by atoms with van der Waals surface area (Å²) in [4.78, 5) is 28.8. The van der Waals surface area contributed by atoms with E-state index in [9.17, 15) is 9.59 Å². The standard InChI is InChI=1S/C22H28N2O5/c1-3-13-27-18-8-7-17(16-20(18)28-14-4-2)21(25)23-9-11-24(12-10-23)22(26)19-6-5-15-29-19/h5-8,15-16H,3-4,9-14H2,1-2H3. The fourth-order valence-electron chi connectivity index (χ4n) is 3.15. The molecule has 1 fully saturated rings. The van der Waals surface area contributed by atoms with Crippen LogP contribution in [0, 0.1) is 0 Å². The zero-order valence-electron chi connectivity index (χ0n) is 17.1. The highest BCUT2D eigenvalue weighted by Gasteiger charge is 2.27. The molecule has 0 N–H and O–H groups in total. The number of piperazine rings is 1. The van der Waals surface area contributed by atoms with Crippen molar-refractivity contribution in [2.45, 2.75) is 26.7 Å². The Morgan fingerprint density at radius 3 is 2.10 bits per heavy atom. The minimum Gasteiger partial charge on any atom is -0.490 e. The Hall–Kier alpha value is -2.96. The Balaban J connectivity index is 1.64. The average molecular weight is 400 g/mol. The van der Waals surface area contributed by atoms with Crippen molar-refractivity contribution in [2.24, 2.45) is 0 Å². The van der Waals surface area contributed by atoms with Gasteiger partial charge in [-0.25, -0.2) is 0 Å². The summed E-state index contributed by atoms with van der Waals surface area (Å²) in [5.41, 5.74) is 0.561. The number of benzene rings is 1. The summed E-state index contributed by atoms with van der Waals surface area (Å²) >= 11 is 0. The third-order valence-corrected chi connectivity index (χ3v) is 4.70. The topological polar surface area (TPSA) is 72.2 Å². The molecule has 0 saturated carbocycles. The zero-order chi connectivity index (χ0) is 20.6. The molecule has 2 heterocycles. The molecular weight excluding hydrogens is 372 g/mol. The molecule has 7 heteroatoms. The molecule has 0 atom stereocenters. The molecule has 0 unspecified atom stereocenters. The van der Waals surface area contributed by atoms with Gasteiger partial charge in [0.1, 0.15) is 0 Å². The van der Waals surface area contributed by atoms with E-state index in [1.54, 1.807) is 40.1 Å². The molecule has 7 nitrogen and oxygen atoms in total. The number of hydrogen-bond donors (Lipinski definition) is 0. The zero-order valence-corrected chi connectivity index (χ0v) is 17.1. The molecule has 2 aromatic rings. The SMILES string of the molecule is CCCOc1ccc(C(=O)N2CCN(C(=O)c3ccco3)CC2)cc1OCCC. The lowest BCUT2D eigenvalue weighted by atomic mass is 10.1. The van der Waals surface area contributed by atoms with E-state index < -0.39 is 0 Å². The summed E-state index contributed by atoms with van der Waals surface area (Å²) < 4.78 is 16.7. The van der Waals surface area contributed by atoms with Crippen LogP contribution in [-0.4, -0.2) is 61.0 Å². The maximum atomic E-state index is 13.0. The quantitative estimate of drug-likeness (QED) is 0.679. The maximum Gasteiger partial charge on any atom is 0.289 e. The lowest BCUT2D eigenvalue weighted by Crippen LogP contribution is -2.50. The molecule has 3 rings (SSSR count). The summed E-state index contributed by atoms with van der Waals surface area (Å²) in [7, 11) is 0. The first kappa shape index (κ1) is 20.8. The van der Waals surface area contributed by atoms with E-state index in [-0.39, 0.29) is 11.8 Å². The van der Waals surface area contributed by atoms with Crippen LogP contribution in [0.15, 0.2) is 41.0 Å². The molecular formula is C22H28N2O5. The van der Waals surface area contributed by atoms with Crippen molar-refractivity contribution in [1.82, 2.24) is 9.80 Å². The Kier molecular flexibility index (Phi) is 7.16. The predicted molar refractivity (Wildman–Crippen MR) is 109 cm³/mol. The summed E-state index contributed by atoms with van der Waals surface area (Å²) in [5.74, 6) is 1.36. The molecule has 1 aliphatic heterocycles. The van der Waals surface area contributed by atoms with Crippen LogP contribution in [0.2, 0.25) is 0 Å². The lowest BCUT2D eigenvalue weighted by molar-refractivity contribution is 0.0518. The van der Waals surface area contributed by atoms with E-state index in [0.29, 0.717) is 62.2 Å². The highest BCUT2D eigenvalue weighted by Crippen LogP contribution is 2.29. The van der Waals surface area contributed by atoms with Crippen LogP contribution < -0.4 is 9.47 Å². The maximum absolute atomic E-state index is 13.0. The summed E-state index contributed by atoms with van der Waals surface area (Å²) in [5, 5.41) is 0. The predicted octanol–water partition coefficient (Wildman–Crippen LogP) is 3.46. The van der Waals surface area contributed by atoms with Gasteiger partial charge in [0.15, 0.2) is 17.3 Å². The van der Waals surface area contributed by atoms with Crippen LogP contribution in [0.5, 0.6) is 11.5 Å². The van der Waals surface area contributed by atoms with Gasteiger partial charge >= 0.3 is 0 Å². The average Bonchev–Trinajstić information content (AvgIpc) is 3.30. The second-order valence-corrected chi connectivity index (χ2v) is 6.92. The molecule has 0 radical (unpaired) electrons. The molecule has 2 amide bonds. The number of nitrogens with zero attached hydrogens (tertiary/aromatic N) is 2. The number of rotatable bonds is 8. The van der Waals surface area contributed by atoms with Gasteiger partial charge in [0.2, 0.25) is 0 Å². The molecule has 1 saturated heterocycles. The van der Waals surface area contributed by atoms with Gasteiger partial charge < -0.3 is 23.7 Å². The van der Waals surface area contributed by atoms with E-state index in [1.165, 1.54) is 6.26 Å². The third-order valence-electron chi connectivity index (χ3n) is 4.70. The molecule has 156 valence electrons. The lowest BCUT2D eigenvalue weighted by Gasteiger charge is -2.34. The van der Waals surface area contributed by atoms with Gasteiger partial charge in [0.25, 0.3) is 11.8 Å². The minimum absolute atomic E-state index is 0.0708. The summed E-state index contributed by atoms with van der Waals surface area (Å²) in [6, 6.07) is 8.67. The molecule has 0 spiro atoms. The second-order valence-electron chi connectivity index (χ2n) is 6.92. The van der Waals surface area contributed by atoms with E-state index in [0.717, 1.165) is 12.8 Å². The first-order valence-electron chi connectivity index (χ1n) is 10.2. The van der Waals surface area contributed by atoms with E-state index >= 15 is 0 Å². The number of amides is 2. The number of ether oxygens (including phenoxy) is 2. The summed E-state index contributed by atoms with van der Waals surface area (Å²) in [6.07, 6.45) is 3.26. The van der Waals surface area contributed by atoms with Gasteiger partial charge in [-0.3, -0.25) is 9.59 Å². The van der Waals surface area contributed by atoms with Gasteiger partial charge in [0, 0.05) is 31.7 Å². The fraction of sp³-hybridized carbons (Fsp3) is 0.455. The monoisotopic (exact) mass is 400 g/mol. The first-order valence-corrected chi connectivity index (χ1v) is 10.2. The van der Waals surface area contributed by atoms with Crippen molar-refractivity contribution in [2.75, 3.05) is 39.4 Å². The van der Waals surface area contributed by atoms with Crippen molar-refractivity contribution < 1.29 is 23.5 Å². The van der Waals surface area contributed by atoms with E-state index in [1.807, 2.05) is 13.8 Å². The van der Waals surface area contributed by atoms with Crippen LogP contribution in [0.3, 0.4) is 0 Å². The highest BCUT2D eigenvalue weighted by molar-refractivity contribution is 5.95. The van der Waals surface area contributed by atoms with Gasteiger partial charge in [-0.1, -0.05) is 13.8 Å². The largest absolute Gasteiger partial charge is 0.490 e. The smallest absolute Gasteiger partial charge is 0.289 e. The molecule has 0 bridgehead atoms. The molecule has 29 heavy (non-hydrogen) atoms. The minimum atomic E-state index is -0.144. The molecule has 1 aromatic carbocycles. The second kappa shape index (κ2) is 10.0. The van der Waals surface area contributed by atoms with Crippen LogP contribution in [0.4, 0.5) is 0 Å². The van der Waals surface area contributed by atoms with Gasteiger partial charge in [0.05, 0.1) is 19.5 Å². The van der Waals surface area contributed by atoms with Crippen molar-refractivity contribution in [1.29, 1.82) is 0 Å². The Labute approximate surface area is 171 Å². The number of hydrogen-bond acceptors (Lipinski definition) is 5. The van der Waals surface area contributed by atoms with Crippen molar-refractivity contribution in [3.63, 3.8) is 0 Å². The van der Waals surface area contributed by atoms with Crippen LogP contribution >= 0.6 is 0 Å². The molecule has 1 aromatic heterocycles. The molecule has 1 aliphatic rings. The number of carbonyl (C=O) groups is 2. The van der Waals surface area contributed by atoms with E-state index in [2.05, 4.69) is 0 Å². The van der Waals surface area contributed by atoms with Gasteiger partial charge in [-0.15, -0.1) is 0 Å². The van der Waals surface area contributed by atoms with E-state index in [4.69, 9.17) is 13.9 Å². The van der Waals surface area contributed by atoms with Crippen molar-refractivity contribution in [3.8, 4) is 11.5 Å². The third kappa shape index (κ3) is 5.10. The van der Waals surface area contributed by atoms with Gasteiger partial charge in [-0.2, -0.15) is 0 Å². The Bertz CT molecular complexity index is 811. The van der Waals surface area contributed by atoms with Crippen LogP contribution in [-0.2, 0) is 0 Å². The van der Waals surface area contributed by atoms with Crippen molar-refractivity contribution in [3.05, 3.63) is 47.9 Å². The van der Waals surface area contributed by atoms with Crippen molar-refractivity contribution >= 4 is 11.8 Å². The van der Waals surface area contributed by atoms with Gasteiger partial charge in [-0.05, 0) is 43.2 Å². The molecule has 0 aliphatic carbocycles. The number of furan rings is 1. The number of carbonyl (C=O) groups excluding carboxylic acids is 2. The fourth-order valence-corrected chi connectivity index (χ4v) is 3.15. The van der Waals surface area contributed by atoms with Crippen LogP contribution in [0.1, 0.15) is 47.6 Å². The first-order chi connectivity index (χ1) is 14.1. The highest BCUT2D eigenvalue weighted by atomic mass is 16.5. The van der Waals surface area contributed by atoms with Crippen LogP contribution in [0.25, 0.3) is 0 Å². The Morgan fingerprint density at radius 1 is 0.897 bits per heavy atom. The normalized spacial score (nSPS) is 14.0. The Morgan fingerprint density at radius 2 is 1.52 bits per heavy atom. The summed E-state index contributed by atoms with van der Waals surface area (Å²) in [6.45, 7) is 7.14.